The summed E-state index contributed by atoms with van der Waals surface area (Å²) in [5.74, 6) is -4.47. The molecule has 0 aromatic heterocycles. The molecule has 3 unspecified atom stereocenters. The van der Waals surface area contributed by atoms with E-state index in [1.165, 1.54) is 13.8 Å². The third-order valence-corrected chi connectivity index (χ3v) is 5.51. The molecule has 7 amide bonds. The molecule has 18 nitrogen and oxygen atoms in total. The molecule has 0 fully saturated rings. The van der Waals surface area contributed by atoms with Crippen LogP contribution in [0.4, 0.5) is 0 Å². The summed E-state index contributed by atoms with van der Waals surface area (Å²) in [6, 6.07) is -2.60. The predicted molar refractivity (Wildman–Crippen MR) is 162 cm³/mol. The number of esters is 1. The number of rotatable bonds is 20. The highest BCUT2D eigenvalue weighted by molar-refractivity contribution is 5.92. The number of hydrogen-bond acceptors (Lipinski definition) is 11. The SMILES string of the molecule is CC(N)C(=O)NCC(=O)NCC(=O)NCCCCC(NC(=O)CNC(=O)CNC(=O)C(C)N)C(=O)NCCC(=O)OC(C)(C)C. The summed E-state index contributed by atoms with van der Waals surface area (Å²) in [7, 11) is 0. The zero-order valence-electron chi connectivity index (χ0n) is 26.6. The fourth-order valence-electron chi connectivity index (χ4n) is 3.22. The van der Waals surface area contributed by atoms with E-state index in [0.29, 0.717) is 12.8 Å². The monoisotopic (exact) mass is 643 g/mol. The van der Waals surface area contributed by atoms with Gasteiger partial charge in [0, 0.05) is 13.1 Å². The van der Waals surface area contributed by atoms with Crippen LogP contribution in [0.2, 0.25) is 0 Å². The van der Waals surface area contributed by atoms with Crippen molar-refractivity contribution in [3.8, 4) is 0 Å². The van der Waals surface area contributed by atoms with Crippen LogP contribution >= 0.6 is 0 Å². The summed E-state index contributed by atoms with van der Waals surface area (Å²) in [5, 5.41) is 17.0. The second kappa shape index (κ2) is 21.4. The molecule has 0 aromatic carbocycles. The van der Waals surface area contributed by atoms with Crippen molar-refractivity contribution in [1.82, 2.24) is 37.2 Å². The molecule has 0 saturated heterocycles. The Labute approximate surface area is 262 Å². The van der Waals surface area contributed by atoms with Gasteiger partial charge in [-0.25, -0.2) is 0 Å². The predicted octanol–water partition coefficient (Wildman–Crippen LogP) is -4.24. The first-order chi connectivity index (χ1) is 20.9. The fraction of sp³-hybridized carbons (Fsp3) is 0.704. The van der Waals surface area contributed by atoms with Gasteiger partial charge in [0.2, 0.25) is 41.4 Å². The van der Waals surface area contributed by atoms with Crippen molar-refractivity contribution in [1.29, 1.82) is 0 Å². The molecular weight excluding hydrogens is 594 g/mol. The molecule has 0 aliphatic rings. The highest BCUT2D eigenvalue weighted by Crippen LogP contribution is 2.08. The van der Waals surface area contributed by atoms with Crippen molar-refractivity contribution in [2.75, 3.05) is 39.3 Å². The van der Waals surface area contributed by atoms with E-state index in [2.05, 4.69) is 37.2 Å². The topological polar surface area (TPSA) is 282 Å². The summed E-state index contributed by atoms with van der Waals surface area (Å²) < 4.78 is 5.21. The van der Waals surface area contributed by atoms with Crippen molar-refractivity contribution in [2.24, 2.45) is 11.5 Å². The number of carbonyl (C=O) groups is 8. The lowest BCUT2D eigenvalue weighted by Crippen LogP contribution is -2.50. The van der Waals surface area contributed by atoms with Gasteiger partial charge in [-0.05, 0) is 53.9 Å². The highest BCUT2D eigenvalue weighted by Gasteiger charge is 2.22. The molecule has 11 N–H and O–H groups in total. The van der Waals surface area contributed by atoms with Crippen LogP contribution in [0, 0.1) is 0 Å². The molecule has 3 atom stereocenters. The first kappa shape index (κ1) is 40.7. The number of unbranched alkanes of at least 4 members (excludes halogenated alkanes) is 1. The van der Waals surface area contributed by atoms with Crippen LogP contribution in [-0.2, 0) is 43.1 Å². The Morgan fingerprint density at radius 1 is 0.600 bits per heavy atom. The number of nitrogens with two attached hydrogens (primary N) is 2. The highest BCUT2D eigenvalue weighted by atomic mass is 16.6. The van der Waals surface area contributed by atoms with Gasteiger partial charge in [-0.3, -0.25) is 38.4 Å². The smallest absolute Gasteiger partial charge is 0.308 e. The van der Waals surface area contributed by atoms with Crippen LogP contribution in [0.15, 0.2) is 0 Å². The average Bonchev–Trinajstić information content (AvgIpc) is 2.94. The number of carbonyl (C=O) groups excluding carboxylic acids is 8. The largest absolute Gasteiger partial charge is 0.460 e. The molecule has 18 heteroatoms. The minimum Gasteiger partial charge on any atom is -0.460 e. The van der Waals surface area contributed by atoms with E-state index >= 15 is 0 Å². The molecule has 45 heavy (non-hydrogen) atoms. The minimum atomic E-state index is -1.02. The maximum absolute atomic E-state index is 12.8. The van der Waals surface area contributed by atoms with E-state index in [9.17, 15) is 38.4 Å². The van der Waals surface area contributed by atoms with Gasteiger partial charge in [-0.2, -0.15) is 0 Å². The third-order valence-electron chi connectivity index (χ3n) is 5.51. The quantitative estimate of drug-likeness (QED) is 0.0452. The summed E-state index contributed by atoms with van der Waals surface area (Å²) in [6.07, 6.45) is 0.871. The fourth-order valence-corrected chi connectivity index (χ4v) is 3.22. The van der Waals surface area contributed by atoms with E-state index in [4.69, 9.17) is 16.2 Å². The first-order valence-electron chi connectivity index (χ1n) is 14.6. The van der Waals surface area contributed by atoms with Crippen molar-refractivity contribution >= 4 is 47.3 Å². The summed E-state index contributed by atoms with van der Waals surface area (Å²) in [6.45, 7) is 6.73. The van der Waals surface area contributed by atoms with Gasteiger partial charge in [-0.15, -0.1) is 0 Å². The molecule has 0 aliphatic carbocycles. The van der Waals surface area contributed by atoms with Crippen LogP contribution in [0.3, 0.4) is 0 Å². The van der Waals surface area contributed by atoms with Crippen LogP contribution in [0.1, 0.15) is 60.3 Å². The van der Waals surface area contributed by atoms with Gasteiger partial charge < -0.3 is 53.4 Å². The second-order valence-corrected chi connectivity index (χ2v) is 11.2. The lowest BCUT2D eigenvalue weighted by molar-refractivity contribution is -0.154. The molecule has 0 aromatic rings. The third kappa shape index (κ3) is 21.9. The minimum absolute atomic E-state index is 0.0349. The molecular formula is C27H49N9O9. The molecule has 256 valence electrons. The number of nitrogens with one attached hydrogen (secondary N) is 7. The average molecular weight is 644 g/mol. The van der Waals surface area contributed by atoms with Crippen LogP contribution in [0.5, 0.6) is 0 Å². The van der Waals surface area contributed by atoms with Crippen molar-refractivity contribution in [3.05, 3.63) is 0 Å². The summed E-state index contributed by atoms with van der Waals surface area (Å²) in [4.78, 5) is 95.7. The molecule has 0 saturated carbocycles. The Bertz CT molecular complexity index is 1040. The van der Waals surface area contributed by atoms with Gasteiger partial charge in [0.05, 0.1) is 44.7 Å². The first-order valence-corrected chi connectivity index (χ1v) is 14.6. The van der Waals surface area contributed by atoms with E-state index in [0.717, 1.165) is 0 Å². The lowest BCUT2D eigenvalue weighted by atomic mass is 10.1. The van der Waals surface area contributed by atoms with Crippen molar-refractivity contribution in [2.45, 2.75) is 84.0 Å². The van der Waals surface area contributed by atoms with Crippen molar-refractivity contribution < 1.29 is 43.1 Å². The zero-order chi connectivity index (χ0) is 34.6. The van der Waals surface area contributed by atoms with Gasteiger partial charge in [-0.1, -0.05) is 0 Å². The molecule has 0 rings (SSSR count). The van der Waals surface area contributed by atoms with Gasteiger partial charge in [0.15, 0.2) is 0 Å². The standard InChI is InChI=1S/C27H49N9O9/c1-16(28)24(42)34-13-20(38)32-12-19(37)30-10-7-6-8-18(26(44)31-11-9-23(41)45-27(3,4)5)36-22(40)15-33-21(39)14-35-25(43)17(2)29/h16-18H,6-15,28-29H2,1-5H3,(H,30,37)(H,31,44)(H,32,38)(H,33,39)(H,34,42)(H,35,43)(H,36,40). The van der Waals surface area contributed by atoms with Gasteiger partial charge in [0.25, 0.3) is 0 Å². The van der Waals surface area contributed by atoms with Crippen LogP contribution in [-0.4, -0.2) is 110 Å². The van der Waals surface area contributed by atoms with E-state index in [1.54, 1.807) is 20.8 Å². The zero-order valence-corrected chi connectivity index (χ0v) is 26.6. The Morgan fingerprint density at radius 3 is 1.56 bits per heavy atom. The molecule has 0 spiro atoms. The summed E-state index contributed by atoms with van der Waals surface area (Å²) >= 11 is 0. The Balaban J connectivity index is 4.77. The van der Waals surface area contributed by atoms with Crippen LogP contribution < -0.4 is 48.7 Å². The lowest BCUT2D eigenvalue weighted by Gasteiger charge is -2.21. The molecule has 0 bridgehead atoms. The van der Waals surface area contributed by atoms with E-state index in [1.807, 2.05) is 0 Å². The maximum atomic E-state index is 12.8. The van der Waals surface area contributed by atoms with E-state index in [-0.39, 0.29) is 45.6 Å². The summed E-state index contributed by atoms with van der Waals surface area (Å²) in [5.41, 5.74) is 10.1. The van der Waals surface area contributed by atoms with Gasteiger partial charge in [0.1, 0.15) is 11.6 Å². The normalized spacial score (nSPS) is 12.8. The Kier molecular flexibility index (Phi) is 19.3. The van der Waals surface area contributed by atoms with E-state index < -0.39 is 77.6 Å². The van der Waals surface area contributed by atoms with Crippen molar-refractivity contribution in [3.63, 3.8) is 0 Å². The van der Waals surface area contributed by atoms with Gasteiger partial charge >= 0.3 is 5.97 Å². The Hall–Kier alpha value is -4.32. The van der Waals surface area contributed by atoms with Crippen LogP contribution in [0.25, 0.3) is 0 Å². The Morgan fingerprint density at radius 2 is 1.07 bits per heavy atom. The number of ether oxygens (including phenoxy) is 1. The maximum Gasteiger partial charge on any atom is 0.308 e. The number of hydrogen-bond donors (Lipinski definition) is 9. The molecule has 0 radical (unpaired) electrons. The molecule has 0 aliphatic heterocycles. The number of amides is 7. The molecule has 0 heterocycles. The second-order valence-electron chi connectivity index (χ2n) is 11.2.